The molecular weight excluding hydrogens is 453 g/mol. The zero-order chi connectivity index (χ0) is 24.3. The van der Waals surface area contributed by atoms with Crippen molar-refractivity contribution in [1.82, 2.24) is 9.80 Å². The van der Waals surface area contributed by atoms with E-state index >= 15 is 0 Å². The largest absolute Gasteiger partial charge is 0.385 e. The first kappa shape index (κ1) is 25.4. The van der Waals surface area contributed by atoms with E-state index in [0.29, 0.717) is 32.7 Å². The van der Waals surface area contributed by atoms with Crippen molar-refractivity contribution >= 4 is 29.0 Å². The molecule has 2 aromatic carbocycles. The van der Waals surface area contributed by atoms with E-state index in [0.717, 1.165) is 10.4 Å². The lowest BCUT2D eigenvalue weighted by Crippen LogP contribution is -2.44. The van der Waals surface area contributed by atoms with Gasteiger partial charge in [-0.15, -0.1) is 11.3 Å². The molecule has 0 fully saturated rings. The Kier molecular flexibility index (Phi) is 9.61. The molecule has 1 aromatic heterocycles. The van der Waals surface area contributed by atoms with E-state index in [2.05, 4.69) is 5.32 Å². The molecule has 6 nitrogen and oxygen atoms in total. The maximum Gasteiger partial charge on any atom is 0.322 e. The number of benzene rings is 2. The highest BCUT2D eigenvalue weighted by Crippen LogP contribution is 2.19. The van der Waals surface area contributed by atoms with Crippen molar-refractivity contribution in [2.24, 2.45) is 0 Å². The molecule has 3 aromatic rings. The topological polar surface area (TPSA) is 61.9 Å². The van der Waals surface area contributed by atoms with Crippen LogP contribution in [0.1, 0.15) is 21.7 Å². The van der Waals surface area contributed by atoms with Gasteiger partial charge in [-0.05, 0) is 43.2 Å². The quantitative estimate of drug-likeness (QED) is 0.377. The van der Waals surface area contributed by atoms with E-state index in [1.165, 1.54) is 21.9 Å². The lowest BCUT2D eigenvalue weighted by Gasteiger charge is -2.28. The molecule has 0 unspecified atom stereocenters. The molecule has 0 aliphatic rings. The molecular formula is C26H30FN3O3S. The molecule has 0 radical (unpaired) electrons. The number of amides is 3. The number of thiophene rings is 1. The molecule has 0 aliphatic carbocycles. The van der Waals surface area contributed by atoms with Gasteiger partial charge in [-0.25, -0.2) is 9.18 Å². The monoisotopic (exact) mass is 483 g/mol. The Balaban J connectivity index is 1.76. The van der Waals surface area contributed by atoms with Crippen LogP contribution in [0.15, 0.2) is 66.7 Å². The predicted molar refractivity (Wildman–Crippen MR) is 133 cm³/mol. The van der Waals surface area contributed by atoms with Gasteiger partial charge in [0, 0.05) is 36.6 Å². The first-order chi connectivity index (χ1) is 16.5. The Morgan fingerprint density at radius 2 is 1.71 bits per heavy atom. The third kappa shape index (κ3) is 7.67. The van der Waals surface area contributed by atoms with Crippen LogP contribution in [-0.4, -0.2) is 48.5 Å². The van der Waals surface area contributed by atoms with Gasteiger partial charge in [-0.2, -0.15) is 0 Å². The number of hydrogen-bond acceptors (Lipinski definition) is 4. The van der Waals surface area contributed by atoms with Gasteiger partial charge in [0.25, 0.3) is 0 Å². The number of hydrogen-bond donors (Lipinski definition) is 1. The number of nitrogens with one attached hydrogen (secondary N) is 1. The minimum Gasteiger partial charge on any atom is -0.385 e. The number of rotatable bonds is 11. The second-order valence-corrected chi connectivity index (χ2v) is 9.30. The fraction of sp³-hybridized carbons (Fsp3) is 0.308. The molecule has 0 saturated carbocycles. The number of para-hydroxylation sites is 1. The van der Waals surface area contributed by atoms with Crippen molar-refractivity contribution in [2.75, 3.05) is 32.1 Å². The number of halogens is 1. The van der Waals surface area contributed by atoms with Crippen LogP contribution in [0.5, 0.6) is 0 Å². The third-order valence-corrected chi connectivity index (χ3v) is 6.20. The van der Waals surface area contributed by atoms with Crippen LogP contribution in [0.2, 0.25) is 0 Å². The molecule has 1 heterocycles. The summed E-state index contributed by atoms with van der Waals surface area (Å²) in [6.45, 7) is 3.53. The van der Waals surface area contributed by atoms with Crippen molar-refractivity contribution in [3.05, 3.63) is 87.9 Å². The van der Waals surface area contributed by atoms with Crippen LogP contribution in [0.3, 0.4) is 0 Å². The molecule has 0 aliphatic heterocycles. The van der Waals surface area contributed by atoms with Gasteiger partial charge >= 0.3 is 6.03 Å². The van der Waals surface area contributed by atoms with Crippen LogP contribution in [0.25, 0.3) is 0 Å². The van der Waals surface area contributed by atoms with Crippen molar-refractivity contribution in [2.45, 2.75) is 26.4 Å². The average molecular weight is 484 g/mol. The summed E-state index contributed by atoms with van der Waals surface area (Å²) in [7, 11) is 1.58. The Labute approximate surface area is 204 Å². The smallest absolute Gasteiger partial charge is 0.322 e. The number of anilines is 1. The maximum atomic E-state index is 14.1. The van der Waals surface area contributed by atoms with Gasteiger partial charge in [-0.3, -0.25) is 4.79 Å². The van der Waals surface area contributed by atoms with Crippen LogP contribution in [0.4, 0.5) is 14.9 Å². The Morgan fingerprint density at radius 3 is 2.38 bits per heavy atom. The third-order valence-electron chi connectivity index (χ3n) is 5.22. The molecule has 0 atom stereocenters. The van der Waals surface area contributed by atoms with E-state index in [9.17, 15) is 14.0 Å². The summed E-state index contributed by atoms with van der Waals surface area (Å²) in [6.07, 6.45) is 0.553. The van der Waals surface area contributed by atoms with E-state index in [-0.39, 0.29) is 18.1 Å². The zero-order valence-electron chi connectivity index (χ0n) is 19.5. The number of methoxy groups -OCH3 is 1. The van der Waals surface area contributed by atoms with Crippen molar-refractivity contribution < 1.29 is 18.7 Å². The SMILES string of the molecule is COCCCN(CC(=O)N(Cc1ccccc1)Cc1ccc(C)s1)C(=O)Nc1ccccc1F. The summed E-state index contributed by atoms with van der Waals surface area (Å²) < 4.78 is 19.2. The standard InChI is InChI=1S/C26H30FN3O3S/c1-20-13-14-22(34-20)18-30(17-21-9-4-3-5-10-21)25(31)19-29(15-8-16-33-2)26(32)28-24-12-7-6-11-23(24)27/h3-7,9-14H,8,15-19H2,1-2H3,(H,28,32). The number of carbonyl (C=O) groups is 2. The molecule has 34 heavy (non-hydrogen) atoms. The summed E-state index contributed by atoms with van der Waals surface area (Å²) in [4.78, 5) is 31.8. The van der Waals surface area contributed by atoms with Crippen molar-refractivity contribution in [3.8, 4) is 0 Å². The molecule has 0 bridgehead atoms. The maximum absolute atomic E-state index is 14.1. The second kappa shape index (κ2) is 12.9. The molecule has 3 rings (SSSR count). The van der Waals surface area contributed by atoms with E-state index in [1.54, 1.807) is 35.5 Å². The average Bonchev–Trinajstić information content (AvgIpc) is 3.24. The minimum absolute atomic E-state index is 0.0758. The Morgan fingerprint density at radius 1 is 0.971 bits per heavy atom. The molecule has 0 saturated heterocycles. The van der Waals surface area contributed by atoms with Crippen LogP contribution < -0.4 is 5.32 Å². The van der Waals surface area contributed by atoms with Gasteiger partial charge in [0.2, 0.25) is 5.91 Å². The van der Waals surface area contributed by atoms with Gasteiger partial charge in [0.1, 0.15) is 12.4 Å². The summed E-state index contributed by atoms with van der Waals surface area (Å²) >= 11 is 1.64. The highest BCUT2D eigenvalue weighted by molar-refractivity contribution is 7.11. The van der Waals surface area contributed by atoms with Crippen LogP contribution in [-0.2, 0) is 22.6 Å². The number of nitrogens with zero attached hydrogens (tertiary/aromatic N) is 2. The van der Waals surface area contributed by atoms with Crippen molar-refractivity contribution in [1.29, 1.82) is 0 Å². The molecule has 0 spiro atoms. The first-order valence-electron chi connectivity index (χ1n) is 11.1. The van der Waals surface area contributed by atoms with Crippen LogP contribution in [0, 0.1) is 12.7 Å². The molecule has 3 amide bonds. The normalized spacial score (nSPS) is 10.7. The predicted octanol–water partition coefficient (Wildman–Crippen LogP) is 5.30. The molecule has 8 heteroatoms. The number of urea groups is 1. The highest BCUT2D eigenvalue weighted by Gasteiger charge is 2.23. The Hall–Kier alpha value is -3.23. The summed E-state index contributed by atoms with van der Waals surface area (Å²) in [5.74, 6) is -0.714. The fourth-order valence-electron chi connectivity index (χ4n) is 3.47. The van der Waals surface area contributed by atoms with Gasteiger partial charge in [0.05, 0.1) is 12.2 Å². The van der Waals surface area contributed by atoms with Crippen LogP contribution >= 0.6 is 11.3 Å². The lowest BCUT2D eigenvalue weighted by atomic mass is 10.2. The van der Waals surface area contributed by atoms with Gasteiger partial charge in [0.15, 0.2) is 0 Å². The fourth-order valence-corrected chi connectivity index (χ4v) is 4.37. The van der Waals surface area contributed by atoms with Gasteiger partial charge < -0.3 is 19.9 Å². The van der Waals surface area contributed by atoms with E-state index in [1.807, 2.05) is 49.4 Å². The minimum atomic E-state index is -0.530. The molecule has 180 valence electrons. The van der Waals surface area contributed by atoms with Crippen molar-refractivity contribution in [3.63, 3.8) is 0 Å². The molecule has 1 N–H and O–H groups in total. The highest BCUT2D eigenvalue weighted by atomic mass is 32.1. The second-order valence-electron chi connectivity index (χ2n) is 7.93. The number of aryl methyl sites for hydroxylation is 1. The zero-order valence-corrected chi connectivity index (χ0v) is 20.3. The number of ether oxygens (including phenoxy) is 1. The van der Waals surface area contributed by atoms with Gasteiger partial charge in [-0.1, -0.05) is 42.5 Å². The van der Waals surface area contributed by atoms with E-state index < -0.39 is 11.8 Å². The number of carbonyl (C=O) groups excluding carboxylic acids is 2. The Bertz CT molecular complexity index is 1070. The van der Waals surface area contributed by atoms with E-state index in [4.69, 9.17) is 4.74 Å². The summed E-state index contributed by atoms with van der Waals surface area (Å²) in [5.41, 5.74) is 1.08. The lowest BCUT2D eigenvalue weighted by molar-refractivity contribution is -0.133. The summed E-state index contributed by atoms with van der Waals surface area (Å²) in [5, 5.41) is 2.59. The summed E-state index contributed by atoms with van der Waals surface area (Å²) in [6, 6.07) is 19.2. The first-order valence-corrected chi connectivity index (χ1v) is 11.9.